The summed E-state index contributed by atoms with van der Waals surface area (Å²) in [5, 5.41) is 14.9. The first-order chi connectivity index (χ1) is 8.15. The van der Waals surface area contributed by atoms with Gasteiger partial charge in [0.25, 0.3) is 0 Å². The first-order valence-corrected chi connectivity index (χ1v) is 6.40. The van der Waals surface area contributed by atoms with Crippen molar-refractivity contribution in [1.82, 2.24) is 10.3 Å². The van der Waals surface area contributed by atoms with Gasteiger partial charge in [-0.3, -0.25) is 4.79 Å². The van der Waals surface area contributed by atoms with Gasteiger partial charge in [0.1, 0.15) is 0 Å². The average molecular weight is 258 g/mol. The smallest absolute Gasteiger partial charge is 0.226 e. The van der Waals surface area contributed by atoms with E-state index in [0.29, 0.717) is 0 Å². The number of carbonyl (C=O) groups excluding carboxylic acids is 1. The monoisotopic (exact) mass is 258 g/mol. The van der Waals surface area contributed by atoms with Crippen molar-refractivity contribution in [3.63, 3.8) is 0 Å². The Morgan fingerprint density at radius 3 is 3.06 bits per heavy atom. The molecule has 1 unspecified atom stereocenters. The number of carbonyl (C=O) groups is 1. The Labute approximate surface area is 105 Å². The predicted molar refractivity (Wildman–Crippen MR) is 66.1 cm³/mol. The van der Waals surface area contributed by atoms with Gasteiger partial charge in [-0.15, -0.1) is 11.3 Å². The number of aryl methyl sites for hydroxylation is 1. The normalized spacial score (nSPS) is 12.4. The minimum atomic E-state index is -0.661. The summed E-state index contributed by atoms with van der Waals surface area (Å²) in [4.78, 5) is 15.8. The molecular weight excluding hydrogens is 240 g/mol. The third-order valence-corrected chi connectivity index (χ3v) is 3.18. The molecule has 6 heteroatoms. The van der Waals surface area contributed by atoms with Crippen LogP contribution in [0.1, 0.15) is 17.6 Å². The van der Waals surface area contributed by atoms with Crippen LogP contribution in [0.3, 0.4) is 0 Å². The largest absolute Gasteiger partial charge is 0.389 e. The maximum Gasteiger partial charge on any atom is 0.226 e. The summed E-state index contributed by atoms with van der Waals surface area (Å²) in [5.41, 5.74) is 0.783. The Morgan fingerprint density at radius 1 is 1.71 bits per heavy atom. The Kier molecular flexibility index (Phi) is 6.10. The van der Waals surface area contributed by atoms with E-state index in [1.54, 1.807) is 11.3 Å². The molecule has 0 bridgehead atoms. The zero-order valence-electron chi connectivity index (χ0n) is 10.1. The van der Waals surface area contributed by atoms with Crippen molar-refractivity contribution in [1.29, 1.82) is 0 Å². The number of methoxy groups -OCH3 is 1. The fourth-order valence-corrected chi connectivity index (χ4v) is 2.05. The van der Waals surface area contributed by atoms with Gasteiger partial charge in [0, 0.05) is 19.0 Å². The Bertz CT molecular complexity index is 354. The molecule has 1 aromatic heterocycles. The number of ether oxygens (including phenoxy) is 1. The number of rotatable bonds is 7. The van der Waals surface area contributed by atoms with E-state index in [2.05, 4.69) is 10.3 Å². The third-order valence-electron chi connectivity index (χ3n) is 2.14. The molecular formula is C11H18N2O3S. The maximum atomic E-state index is 11.5. The Hall–Kier alpha value is -0.980. The number of aromatic nitrogens is 1. The van der Waals surface area contributed by atoms with Gasteiger partial charge in [-0.2, -0.15) is 0 Å². The highest BCUT2D eigenvalue weighted by Crippen LogP contribution is 2.10. The number of nitrogens with one attached hydrogen (secondary N) is 1. The van der Waals surface area contributed by atoms with Crippen LogP contribution in [0.2, 0.25) is 0 Å². The molecule has 0 aliphatic heterocycles. The fourth-order valence-electron chi connectivity index (χ4n) is 1.30. The van der Waals surface area contributed by atoms with Gasteiger partial charge < -0.3 is 15.2 Å². The van der Waals surface area contributed by atoms with Crippen molar-refractivity contribution in [3.8, 4) is 0 Å². The minimum absolute atomic E-state index is 0.131. The molecule has 0 radical (unpaired) electrons. The number of aliphatic hydroxyl groups excluding tert-OH is 1. The van der Waals surface area contributed by atoms with Crippen LogP contribution < -0.4 is 5.32 Å². The van der Waals surface area contributed by atoms with E-state index < -0.39 is 6.10 Å². The van der Waals surface area contributed by atoms with E-state index in [-0.39, 0.29) is 25.5 Å². The van der Waals surface area contributed by atoms with E-state index in [4.69, 9.17) is 4.74 Å². The number of hydrogen-bond acceptors (Lipinski definition) is 5. The summed E-state index contributed by atoms with van der Waals surface area (Å²) >= 11 is 1.56. The topological polar surface area (TPSA) is 71.5 Å². The maximum absolute atomic E-state index is 11.5. The Balaban J connectivity index is 2.29. The molecule has 1 heterocycles. The summed E-state index contributed by atoms with van der Waals surface area (Å²) < 4.78 is 4.76. The molecule has 5 nitrogen and oxygen atoms in total. The molecule has 0 aromatic carbocycles. The summed E-state index contributed by atoms with van der Waals surface area (Å²) in [6, 6.07) is 0. The van der Waals surface area contributed by atoms with Crippen LogP contribution in [0.25, 0.3) is 0 Å². The molecule has 1 aromatic rings. The molecule has 0 saturated heterocycles. The third kappa shape index (κ3) is 5.25. The standard InChI is InChI=1S/C11H18N2O3S/c1-3-11-13-8(7-17-11)4-10(15)12-5-9(14)6-16-2/h7,9,14H,3-6H2,1-2H3,(H,12,15). The van der Waals surface area contributed by atoms with Gasteiger partial charge in [0.2, 0.25) is 5.91 Å². The van der Waals surface area contributed by atoms with Gasteiger partial charge in [-0.25, -0.2) is 4.98 Å². The van der Waals surface area contributed by atoms with Crippen LogP contribution in [0.5, 0.6) is 0 Å². The van der Waals surface area contributed by atoms with E-state index in [0.717, 1.165) is 17.1 Å². The fraction of sp³-hybridized carbons (Fsp3) is 0.636. The van der Waals surface area contributed by atoms with Crippen molar-refractivity contribution >= 4 is 17.2 Å². The lowest BCUT2D eigenvalue weighted by Gasteiger charge is -2.10. The average Bonchev–Trinajstić information content (AvgIpc) is 2.74. The summed E-state index contributed by atoms with van der Waals surface area (Å²) in [6.45, 7) is 2.46. The second-order valence-corrected chi connectivity index (χ2v) is 4.62. The molecule has 0 fully saturated rings. The van der Waals surface area contributed by atoms with Crippen molar-refractivity contribution in [2.24, 2.45) is 0 Å². The molecule has 2 N–H and O–H groups in total. The van der Waals surface area contributed by atoms with E-state index in [1.807, 2.05) is 12.3 Å². The van der Waals surface area contributed by atoms with Gasteiger partial charge >= 0.3 is 0 Å². The van der Waals surface area contributed by atoms with Crippen molar-refractivity contribution < 1.29 is 14.6 Å². The number of thiazole rings is 1. The second-order valence-electron chi connectivity index (χ2n) is 3.68. The van der Waals surface area contributed by atoms with Crippen molar-refractivity contribution in [2.45, 2.75) is 25.9 Å². The van der Waals surface area contributed by atoms with Crippen LogP contribution >= 0.6 is 11.3 Å². The van der Waals surface area contributed by atoms with Gasteiger partial charge in [0.15, 0.2) is 0 Å². The first kappa shape index (κ1) is 14.1. The summed E-state index contributed by atoms with van der Waals surface area (Å²) in [7, 11) is 1.51. The molecule has 0 saturated carbocycles. The summed E-state index contributed by atoms with van der Waals surface area (Å²) in [6.07, 6.45) is 0.486. The van der Waals surface area contributed by atoms with Crippen LogP contribution in [-0.4, -0.2) is 42.4 Å². The zero-order chi connectivity index (χ0) is 12.7. The number of aliphatic hydroxyl groups is 1. The molecule has 1 amide bonds. The quantitative estimate of drug-likeness (QED) is 0.741. The molecule has 0 aliphatic carbocycles. The lowest BCUT2D eigenvalue weighted by atomic mass is 10.3. The highest BCUT2D eigenvalue weighted by atomic mass is 32.1. The lowest BCUT2D eigenvalue weighted by Crippen LogP contribution is -2.35. The first-order valence-electron chi connectivity index (χ1n) is 5.52. The Morgan fingerprint density at radius 2 is 2.47 bits per heavy atom. The zero-order valence-corrected chi connectivity index (χ0v) is 10.9. The second kappa shape index (κ2) is 7.37. The van der Waals surface area contributed by atoms with Gasteiger partial charge in [0.05, 0.1) is 29.8 Å². The van der Waals surface area contributed by atoms with Crippen LogP contribution in [0, 0.1) is 0 Å². The van der Waals surface area contributed by atoms with Crippen LogP contribution in [0.4, 0.5) is 0 Å². The molecule has 1 atom stereocenters. The number of nitrogens with zero attached hydrogens (tertiary/aromatic N) is 1. The van der Waals surface area contributed by atoms with E-state index in [9.17, 15) is 9.90 Å². The number of hydrogen-bond donors (Lipinski definition) is 2. The van der Waals surface area contributed by atoms with Crippen molar-refractivity contribution in [3.05, 3.63) is 16.1 Å². The van der Waals surface area contributed by atoms with Gasteiger partial charge in [-0.1, -0.05) is 6.92 Å². The summed E-state index contributed by atoms with van der Waals surface area (Å²) in [5.74, 6) is -0.131. The molecule has 0 aliphatic rings. The number of amides is 1. The molecule has 0 spiro atoms. The molecule has 17 heavy (non-hydrogen) atoms. The van der Waals surface area contributed by atoms with E-state index in [1.165, 1.54) is 7.11 Å². The van der Waals surface area contributed by atoms with E-state index >= 15 is 0 Å². The van der Waals surface area contributed by atoms with Gasteiger partial charge in [-0.05, 0) is 6.42 Å². The van der Waals surface area contributed by atoms with Crippen molar-refractivity contribution in [2.75, 3.05) is 20.3 Å². The van der Waals surface area contributed by atoms with Crippen LogP contribution in [-0.2, 0) is 22.4 Å². The molecule has 96 valence electrons. The minimum Gasteiger partial charge on any atom is -0.389 e. The highest BCUT2D eigenvalue weighted by Gasteiger charge is 2.09. The lowest BCUT2D eigenvalue weighted by molar-refractivity contribution is -0.121. The van der Waals surface area contributed by atoms with Crippen LogP contribution in [0.15, 0.2) is 5.38 Å². The molecule has 1 rings (SSSR count). The predicted octanol–water partition coefficient (Wildman–Crippen LogP) is 0.371. The highest BCUT2D eigenvalue weighted by molar-refractivity contribution is 7.09. The SMILES string of the molecule is CCc1nc(CC(=O)NCC(O)COC)cs1.